The van der Waals surface area contributed by atoms with Crippen LogP contribution in [-0.4, -0.2) is 33.7 Å². The molecule has 7 heteroatoms. The number of nitrogens with zero attached hydrogens (tertiary/aromatic N) is 2. The Kier molecular flexibility index (Phi) is 6.39. The van der Waals surface area contributed by atoms with E-state index in [-0.39, 0.29) is 12.5 Å². The van der Waals surface area contributed by atoms with E-state index in [2.05, 4.69) is 15.5 Å². The van der Waals surface area contributed by atoms with E-state index >= 15 is 0 Å². The fourth-order valence-corrected chi connectivity index (χ4v) is 2.90. The first-order valence-electron chi connectivity index (χ1n) is 9.50. The maximum Gasteiger partial charge on any atom is 0.308 e. The molecule has 150 valence electrons. The van der Waals surface area contributed by atoms with Crippen LogP contribution in [0.2, 0.25) is 0 Å². The molecule has 1 amide bonds. The molecule has 0 saturated carbocycles. The van der Waals surface area contributed by atoms with Crippen molar-refractivity contribution >= 4 is 11.9 Å². The van der Waals surface area contributed by atoms with Crippen molar-refractivity contribution in [1.82, 2.24) is 15.5 Å². The highest BCUT2D eigenvalue weighted by Gasteiger charge is 2.18. The second-order valence-electron chi connectivity index (χ2n) is 6.89. The van der Waals surface area contributed by atoms with Crippen LogP contribution in [0.5, 0.6) is 0 Å². The zero-order valence-corrected chi connectivity index (χ0v) is 16.4. The second kappa shape index (κ2) is 9.14. The lowest BCUT2D eigenvalue weighted by atomic mass is 10.0. The summed E-state index contributed by atoms with van der Waals surface area (Å²) in [4.78, 5) is 23.5. The highest BCUT2D eigenvalue weighted by atomic mass is 16.4. The third-order valence-electron chi connectivity index (χ3n) is 4.61. The van der Waals surface area contributed by atoms with Gasteiger partial charge in [-0.05, 0) is 49.7 Å². The summed E-state index contributed by atoms with van der Waals surface area (Å²) >= 11 is 0. The lowest BCUT2D eigenvalue weighted by Gasteiger charge is -2.12. The third-order valence-corrected chi connectivity index (χ3v) is 4.61. The van der Waals surface area contributed by atoms with Crippen LogP contribution in [0, 0.1) is 12.8 Å². The molecule has 29 heavy (non-hydrogen) atoms. The Balaban J connectivity index is 1.66. The first-order valence-corrected chi connectivity index (χ1v) is 9.50. The van der Waals surface area contributed by atoms with Gasteiger partial charge in [0.1, 0.15) is 0 Å². The van der Waals surface area contributed by atoms with Crippen LogP contribution < -0.4 is 5.32 Å². The number of hydrogen-bond acceptors (Lipinski definition) is 5. The fraction of sp³-hybridized carbons (Fsp3) is 0.273. The molecule has 1 aromatic heterocycles. The van der Waals surface area contributed by atoms with Crippen molar-refractivity contribution in [3.05, 3.63) is 59.7 Å². The number of rotatable bonds is 8. The molecular formula is C22H23N3O4. The maximum absolute atomic E-state index is 12.3. The minimum Gasteiger partial charge on any atom is -0.481 e. The van der Waals surface area contributed by atoms with Crippen LogP contribution in [0.3, 0.4) is 0 Å². The van der Waals surface area contributed by atoms with Crippen molar-refractivity contribution < 1.29 is 19.1 Å². The topological polar surface area (TPSA) is 105 Å². The quantitative estimate of drug-likeness (QED) is 0.600. The summed E-state index contributed by atoms with van der Waals surface area (Å²) in [6, 6.07) is 14.5. The summed E-state index contributed by atoms with van der Waals surface area (Å²) in [6.45, 7) is 4.03. The van der Waals surface area contributed by atoms with E-state index in [0.717, 1.165) is 17.5 Å². The first-order chi connectivity index (χ1) is 14.0. The van der Waals surface area contributed by atoms with Gasteiger partial charge in [-0.2, -0.15) is 0 Å². The first kappa shape index (κ1) is 20.3. The van der Waals surface area contributed by atoms with Gasteiger partial charge < -0.3 is 14.8 Å². The van der Waals surface area contributed by atoms with Crippen LogP contribution >= 0.6 is 0 Å². The van der Waals surface area contributed by atoms with Gasteiger partial charge >= 0.3 is 5.97 Å². The molecular weight excluding hydrogens is 370 g/mol. The number of carboxylic acids is 1. The van der Waals surface area contributed by atoms with Gasteiger partial charge in [0.2, 0.25) is 11.8 Å². The van der Waals surface area contributed by atoms with E-state index in [4.69, 9.17) is 4.42 Å². The van der Waals surface area contributed by atoms with E-state index in [1.54, 1.807) is 24.3 Å². The molecule has 1 unspecified atom stereocenters. The number of benzene rings is 2. The lowest BCUT2D eigenvalue weighted by molar-refractivity contribution is -0.141. The molecule has 2 aromatic carbocycles. The molecule has 0 aliphatic heterocycles. The number of aliphatic carboxylic acids is 1. The van der Waals surface area contributed by atoms with Crippen molar-refractivity contribution in [2.24, 2.45) is 5.92 Å². The van der Waals surface area contributed by atoms with Crippen LogP contribution in [-0.2, 0) is 4.79 Å². The van der Waals surface area contributed by atoms with Crippen molar-refractivity contribution in [3.8, 4) is 22.9 Å². The van der Waals surface area contributed by atoms with Crippen LogP contribution in [0.25, 0.3) is 22.9 Å². The number of aryl methyl sites for hydroxylation is 1. The lowest BCUT2D eigenvalue weighted by Crippen LogP contribution is -2.32. The van der Waals surface area contributed by atoms with Crippen molar-refractivity contribution in [1.29, 1.82) is 0 Å². The van der Waals surface area contributed by atoms with Crippen LogP contribution in [0.15, 0.2) is 52.9 Å². The van der Waals surface area contributed by atoms with Gasteiger partial charge in [-0.3, -0.25) is 9.59 Å². The Morgan fingerprint density at radius 1 is 1.00 bits per heavy atom. The van der Waals surface area contributed by atoms with Crippen LogP contribution in [0.4, 0.5) is 0 Å². The van der Waals surface area contributed by atoms with Crippen LogP contribution in [0.1, 0.15) is 35.7 Å². The molecule has 0 aliphatic carbocycles. The van der Waals surface area contributed by atoms with Gasteiger partial charge in [-0.15, -0.1) is 10.2 Å². The molecule has 1 heterocycles. The minimum absolute atomic E-state index is 0.104. The van der Waals surface area contributed by atoms with Gasteiger partial charge in [0.15, 0.2) is 0 Å². The maximum atomic E-state index is 12.3. The highest BCUT2D eigenvalue weighted by molar-refractivity contribution is 5.94. The van der Waals surface area contributed by atoms with Crippen molar-refractivity contribution in [2.45, 2.75) is 26.7 Å². The van der Waals surface area contributed by atoms with Crippen molar-refractivity contribution in [2.75, 3.05) is 6.54 Å². The van der Waals surface area contributed by atoms with E-state index in [1.807, 2.05) is 38.1 Å². The average molecular weight is 393 g/mol. The number of amides is 1. The third kappa shape index (κ3) is 5.07. The van der Waals surface area contributed by atoms with Crippen molar-refractivity contribution in [3.63, 3.8) is 0 Å². The summed E-state index contributed by atoms with van der Waals surface area (Å²) in [5.41, 5.74) is 3.12. The predicted molar refractivity (Wildman–Crippen MR) is 108 cm³/mol. The minimum atomic E-state index is -0.900. The summed E-state index contributed by atoms with van der Waals surface area (Å²) in [5.74, 6) is -1.01. The Hall–Kier alpha value is -3.48. The molecule has 3 aromatic rings. The Bertz CT molecular complexity index is 978. The van der Waals surface area contributed by atoms with Gasteiger partial charge in [-0.1, -0.05) is 31.0 Å². The van der Waals surface area contributed by atoms with E-state index in [0.29, 0.717) is 29.3 Å². The molecule has 7 nitrogen and oxygen atoms in total. The molecule has 0 spiro atoms. The standard InChI is InChI=1S/C22H23N3O4/c1-3-4-18(22(27)28)13-23-19(26)15-9-11-17(12-10-15)21-25-24-20(29-21)16-7-5-14(2)6-8-16/h5-12,18H,3-4,13H2,1-2H3,(H,23,26)(H,27,28). The molecule has 0 radical (unpaired) electrons. The Morgan fingerprint density at radius 2 is 1.55 bits per heavy atom. The molecule has 0 bridgehead atoms. The van der Waals surface area contributed by atoms with E-state index < -0.39 is 11.9 Å². The molecule has 3 rings (SSSR count). The predicted octanol–water partition coefficient (Wildman–Crippen LogP) is 3.94. The smallest absolute Gasteiger partial charge is 0.308 e. The number of carboxylic acid groups (broad SMARTS) is 1. The number of aromatic nitrogens is 2. The van der Waals surface area contributed by atoms with Gasteiger partial charge in [-0.25, -0.2) is 0 Å². The Labute approximate surface area is 168 Å². The molecule has 0 saturated heterocycles. The second-order valence-corrected chi connectivity index (χ2v) is 6.89. The van der Waals surface area contributed by atoms with E-state index in [9.17, 15) is 14.7 Å². The summed E-state index contributed by atoms with van der Waals surface area (Å²) in [5, 5.41) is 20.0. The molecule has 2 N–H and O–H groups in total. The number of hydrogen-bond donors (Lipinski definition) is 2. The van der Waals surface area contributed by atoms with E-state index in [1.165, 1.54) is 0 Å². The molecule has 0 fully saturated rings. The summed E-state index contributed by atoms with van der Waals surface area (Å²) in [6.07, 6.45) is 1.27. The zero-order chi connectivity index (χ0) is 20.8. The van der Waals surface area contributed by atoms with Gasteiger partial charge in [0.05, 0.1) is 5.92 Å². The molecule has 0 aliphatic rings. The van der Waals surface area contributed by atoms with Gasteiger partial charge in [0.25, 0.3) is 5.91 Å². The number of carbonyl (C=O) groups is 2. The summed E-state index contributed by atoms with van der Waals surface area (Å²) < 4.78 is 5.74. The largest absolute Gasteiger partial charge is 0.481 e. The summed E-state index contributed by atoms with van der Waals surface area (Å²) in [7, 11) is 0. The molecule has 1 atom stereocenters. The monoisotopic (exact) mass is 393 g/mol. The normalized spacial score (nSPS) is 11.8. The van der Waals surface area contributed by atoms with Gasteiger partial charge in [0, 0.05) is 23.2 Å². The number of carbonyl (C=O) groups excluding carboxylic acids is 1. The zero-order valence-electron chi connectivity index (χ0n) is 16.4. The Morgan fingerprint density at radius 3 is 2.07 bits per heavy atom. The highest BCUT2D eigenvalue weighted by Crippen LogP contribution is 2.24. The SMILES string of the molecule is CCCC(CNC(=O)c1ccc(-c2nnc(-c3ccc(C)cc3)o2)cc1)C(=O)O. The average Bonchev–Trinajstić information content (AvgIpc) is 3.21. The fourth-order valence-electron chi connectivity index (χ4n) is 2.90. The number of nitrogens with one attached hydrogen (secondary N) is 1.